The van der Waals surface area contributed by atoms with Crippen molar-refractivity contribution in [2.75, 3.05) is 11.4 Å². The number of aromatic amines is 1. The van der Waals surface area contributed by atoms with E-state index in [9.17, 15) is 13.2 Å². The van der Waals surface area contributed by atoms with Gasteiger partial charge in [0.15, 0.2) is 0 Å². The average Bonchev–Trinajstić information content (AvgIpc) is 3.37. The van der Waals surface area contributed by atoms with Gasteiger partial charge < -0.3 is 9.88 Å². The second kappa shape index (κ2) is 5.74. The van der Waals surface area contributed by atoms with E-state index in [0.717, 1.165) is 34.4 Å². The number of rotatable bonds is 2. The van der Waals surface area contributed by atoms with Gasteiger partial charge in [0.1, 0.15) is 0 Å². The number of hydrogen-bond donors (Lipinski definition) is 1. The summed E-state index contributed by atoms with van der Waals surface area (Å²) in [6.45, 7) is 0.682. The van der Waals surface area contributed by atoms with Crippen LogP contribution in [0, 0.1) is 0 Å². The maximum Gasteiger partial charge on any atom is 0.416 e. The molecule has 2 aromatic carbocycles. The number of benzene rings is 2. The van der Waals surface area contributed by atoms with Crippen molar-refractivity contribution in [3.8, 4) is 0 Å². The number of nitrogens with one attached hydrogen (secondary N) is 1. The lowest BCUT2D eigenvalue weighted by Crippen LogP contribution is -2.27. The van der Waals surface area contributed by atoms with Gasteiger partial charge in [0.25, 0.3) is 0 Å². The fourth-order valence-electron chi connectivity index (χ4n) is 4.13. The van der Waals surface area contributed by atoms with Crippen LogP contribution in [0.1, 0.15) is 34.0 Å². The average molecular weight is 367 g/mol. The van der Waals surface area contributed by atoms with E-state index in [2.05, 4.69) is 20.9 Å². The second-order valence-electron chi connectivity index (χ2n) is 6.88. The van der Waals surface area contributed by atoms with Crippen LogP contribution < -0.4 is 4.90 Å². The highest BCUT2D eigenvalue weighted by Crippen LogP contribution is 2.48. The molecule has 1 N–H and O–H groups in total. The molecule has 0 bridgehead atoms. The van der Waals surface area contributed by atoms with Gasteiger partial charge in [0.2, 0.25) is 0 Å². The number of imidazole rings is 1. The normalized spacial score (nSPS) is 18.4. The van der Waals surface area contributed by atoms with Gasteiger partial charge in [-0.15, -0.1) is 0 Å². The van der Waals surface area contributed by atoms with Crippen molar-refractivity contribution < 1.29 is 13.2 Å². The zero-order chi connectivity index (χ0) is 18.6. The zero-order valence-corrected chi connectivity index (χ0v) is 14.3. The molecule has 0 fully saturated rings. The minimum absolute atomic E-state index is 0.133. The fraction of sp³-hybridized carbons (Fsp3) is 0.190. The second-order valence-corrected chi connectivity index (χ2v) is 6.88. The molecule has 5 rings (SSSR count). The van der Waals surface area contributed by atoms with Crippen LogP contribution in [0.5, 0.6) is 0 Å². The number of hydrogen-bond acceptors (Lipinski definition) is 2. The van der Waals surface area contributed by atoms with Crippen molar-refractivity contribution in [2.45, 2.75) is 18.6 Å². The summed E-state index contributed by atoms with van der Waals surface area (Å²) in [7, 11) is 0. The van der Waals surface area contributed by atoms with Gasteiger partial charge in [-0.05, 0) is 41.3 Å². The van der Waals surface area contributed by atoms with E-state index in [1.165, 1.54) is 12.1 Å². The van der Waals surface area contributed by atoms with E-state index in [4.69, 9.17) is 0 Å². The number of fused-ring (bicyclic) bond motifs is 2. The molecule has 0 radical (unpaired) electrons. The van der Waals surface area contributed by atoms with Crippen LogP contribution in [-0.2, 0) is 12.6 Å². The Morgan fingerprint density at radius 3 is 2.74 bits per heavy atom. The maximum atomic E-state index is 13.3. The topological polar surface area (TPSA) is 31.9 Å². The predicted octanol–water partition coefficient (Wildman–Crippen LogP) is 5.09. The smallest absolute Gasteiger partial charge is 0.360 e. The molecule has 1 unspecified atom stereocenters. The first-order valence-corrected chi connectivity index (χ1v) is 8.78. The summed E-state index contributed by atoms with van der Waals surface area (Å²) in [6, 6.07) is 12.0. The molecule has 136 valence electrons. The van der Waals surface area contributed by atoms with E-state index in [-0.39, 0.29) is 6.04 Å². The Kier molecular flexibility index (Phi) is 3.44. The van der Waals surface area contributed by atoms with E-state index in [1.807, 2.05) is 24.3 Å². The monoisotopic (exact) mass is 367 g/mol. The summed E-state index contributed by atoms with van der Waals surface area (Å²) < 4.78 is 39.8. The van der Waals surface area contributed by atoms with Crippen LogP contribution in [0.25, 0.3) is 11.6 Å². The van der Waals surface area contributed by atoms with Gasteiger partial charge in [-0.25, -0.2) is 4.98 Å². The highest BCUT2D eigenvalue weighted by atomic mass is 19.4. The Balaban J connectivity index is 1.64. The summed E-state index contributed by atoms with van der Waals surface area (Å²) in [6.07, 6.45) is 1.87. The molecule has 27 heavy (non-hydrogen) atoms. The fourth-order valence-corrected chi connectivity index (χ4v) is 4.13. The third kappa shape index (κ3) is 2.55. The van der Waals surface area contributed by atoms with Gasteiger partial charge in [0, 0.05) is 17.8 Å². The molecular formula is C21H16F3N3. The summed E-state index contributed by atoms with van der Waals surface area (Å²) in [5, 5.41) is 0. The molecule has 0 spiro atoms. The molecule has 0 saturated carbocycles. The van der Waals surface area contributed by atoms with Crippen molar-refractivity contribution in [2.24, 2.45) is 0 Å². The summed E-state index contributed by atoms with van der Waals surface area (Å²) in [5.41, 5.74) is 5.12. The first-order valence-electron chi connectivity index (χ1n) is 8.78. The minimum atomic E-state index is -4.35. The molecule has 1 aliphatic heterocycles. The maximum absolute atomic E-state index is 13.3. The largest absolute Gasteiger partial charge is 0.416 e. The molecule has 3 nitrogen and oxygen atoms in total. The number of nitrogens with zero attached hydrogens (tertiary/aromatic N) is 2. The molecule has 1 atom stereocenters. The van der Waals surface area contributed by atoms with Gasteiger partial charge in [-0.3, -0.25) is 0 Å². The molecule has 3 aromatic rings. The SMILES string of the molecule is FC(F)(F)c1ccc2c(c1)N(C1C(c3cnc[nH]3)=Cc3ccccc31)CC2. The highest BCUT2D eigenvalue weighted by Gasteiger charge is 2.37. The Morgan fingerprint density at radius 2 is 1.96 bits per heavy atom. The van der Waals surface area contributed by atoms with Crippen molar-refractivity contribution in [1.29, 1.82) is 0 Å². The Labute approximate surface area is 154 Å². The molecule has 6 heteroatoms. The Hall–Kier alpha value is -3.02. The Morgan fingerprint density at radius 1 is 1.11 bits per heavy atom. The van der Waals surface area contributed by atoms with Crippen LogP contribution in [0.2, 0.25) is 0 Å². The summed E-state index contributed by atoms with van der Waals surface area (Å²) in [4.78, 5) is 9.34. The molecule has 2 aliphatic rings. The third-order valence-electron chi connectivity index (χ3n) is 5.36. The Bertz CT molecular complexity index is 1040. The van der Waals surface area contributed by atoms with Crippen LogP contribution in [0.4, 0.5) is 18.9 Å². The lowest BCUT2D eigenvalue weighted by Gasteiger charge is -2.30. The quantitative estimate of drug-likeness (QED) is 0.684. The van der Waals surface area contributed by atoms with E-state index in [0.29, 0.717) is 12.2 Å². The van der Waals surface area contributed by atoms with Gasteiger partial charge in [-0.2, -0.15) is 13.2 Å². The molecule has 0 saturated heterocycles. The number of aromatic nitrogens is 2. The van der Waals surface area contributed by atoms with E-state index in [1.54, 1.807) is 18.6 Å². The van der Waals surface area contributed by atoms with Gasteiger partial charge in [-0.1, -0.05) is 30.3 Å². The molecule has 1 aromatic heterocycles. The van der Waals surface area contributed by atoms with Crippen molar-refractivity contribution in [1.82, 2.24) is 9.97 Å². The molecule has 0 amide bonds. The zero-order valence-electron chi connectivity index (χ0n) is 14.3. The predicted molar refractivity (Wildman–Crippen MR) is 98.1 cm³/mol. The lowest BCUT2D eigenvalue weighted by atomic mass is 10.00. The molecule has 1 aliphatic carbocycles. The van der Waals surface area contributed by atoms with Gasteiger partial charge >= 0.3 is 6.18 Å². The molecule has 2 heterocycles. The standard InChI is InChI=1S/C21H16F3N3/c22-21(23,24)15-6-5-13-7-8-27(19(13)10-15)20-16-4-2-1-3-14(16)9-17(20)18-11-25-12-26-18/h1-6,9-12,20H,7-8H2,(H,25,26). The van der Waals surface area contributed by atoms with Crippen LogP contribution in [-0.4, -0.2) is 16.5 Å². The van der Waals surface area contributed by atoms with Gasteiger partial charge in [0.05, 0.1) is 29.8 Å². The highest BCUT2D eigenvalue weighted by molar-refractivity contribution is 5.92. The number of H-pyrrole nitrogens is 1. The van der Waals surface area contributed by atoms with Crippen molar-refractivity contribution in [3.63, 3.8) is 0 Å². The molecular weight excluding hydrogens is 351 g/mol. The summed E-state index contributed by atoms with van der Waals surface area (Å²) >= 11 is 0. The first kappa shape index (κ1) is 16.2. The van der Waals surface area contributed by atoms with Crippen molar-refractivity contribution >= 4 is 17.3 Å². The van der Waals surface area contributed by atoms with Crippen molar-refractivity contribution in [3.05, 3.63) is 82.9 Å². The number of anilines is 1. The third-order valence-corrected chi connectivity index (χ3v) is 5.36. The first-order chi connectivity index (χ1) is 13.0. The van der Waals surface area contributed by atoms with E-state index >= 15 is 0 Å². The van der Waals surface area contributed by atoms with Crippen LogP contribution >= 0.6 is 0 Å². The summed E-state index contributed by atoms with van der Waals surface area (Å²) in [5.74, 6) is 0. The van der Waals surface area contributed by atoms with E-state index < -0.39 is 11.7 Å². The minimum Gasteiger partial charge on any atom is -0.360 e. The lowest BCUT2D eigenvalue weighted by molar-refractivity contribution is -0.137. The van der Waals surface area contributed by atoms with Crippen LogP contribution in [0.3, 0.4) is 0 Å². The number of halogens is 3. The van der Waals surface area contributed by atoms with Crippen LogP contribution in [0.15, 0.2) is 55.0 Å². The number of alkyl halides is 3.